The van der Waals surface area contributed by atoms with Gasteiger partial charge in [-0.05, 0) is 48.9 Å². The number of amides is 2. The van der Waals surface area contributed by atoms with Crippen molar-refractivity contribution in [2.45, 2.75) is 50.2 Å². The van der Waals surface area contributed by atoms with E-state index in [1.54, 1.807) is 25.3 Å². The molecule has 6 rings (SSSR count). The standard InChI is InChI=1S/C33H35FN4O4/c1-21(39)38-14-11-26(27(20-38)22-5-3-2-4-6-22)32(41)37-15-12-33(42,13-16-37)17-24-18-35-31-29(24)28(40)19-36-30(31)23-7-9-25(34)10-8-23/h2-10,18-19,24,26-27,30,42H,11-17,20H2,1H3/t24?,26-,27+,30?/m1/s1. The predicted octanol–water partition coefficient (Wildman–Crippen LogP) is 3.87. The summed E-state index contributed by atoms with van der Waals surface area (Å²) in [5.41, 5.74) is 1.85. The zero-order chi connectivity index (χ0) is 29.4. The molecule has 4 aliphatic rings. The fraction of sp³-hybridized carbons (Fsp3) is 0.424. The summed E-state index contributed by atoms with van der Waals surface area (Å²) in [5.74, 6) is -1.14. The van der Waals surface area contributed by atoms with E-state index in [9.17, 15) is 23.9 Å². The number of dihydropyridines is 1. The number of Topliss-reactive ketones (excluding diaryl/α,β-unsaturated/α-hetero) is 1. The zero-order valence-electron chi connectivity index (χ0n) is 23.7. The first-order valence-electron chi connectivity index (χ1n) is 14.7. The first-order chi connectivity index (χ1) is 20.2. The van der Waals surface area contributed by atoms with Crippen molar-refractivity contribution in [2.24, 2.45) is 21.8 Å². The SMILES string of the molecule is CC(=O)N1CC[C@@H](C(=O)N2CCC(O)(CC3C=NC4=C3C(=O)C=NC4c3ccc(F)cc3)CC2)[C@H](c2ccccc2)C1. The third-order valence-electron chi connectivity index (χ3n) is 9.30. The van der Waals surface area contributed by atoms with Gasteiger partial charge in [0.1, 0.15) is 11.9 Å². The van der Waals surface area contributed by atoms with Crippen LogP contribution in [0.2, 0.25) is 0 Å². The molecule has 0 radical (unpaired) electrons. The first-order valence-corrected chi connectivity index (χ1v) is 14.7. The van der Waals surface area contributed by atoms with Gasteiger partial charge in [0, 0.05) is 62.6 Å². The molecule has 1 N–H and O–H groups in total. The molecular weight excluding hydrogens is 535 g/mol. The second-order valence-corrected chi connectivity index (χ2v) is 11.9. The fourth-order valence-corrected chi connectivity index (χ4v) is 6.92. The minimum Gasteiger partial charge on any atom is -0.390 e. The average molecular weight is 571 g/mol. The highest BCUT2D eigenvalue weighted by Gasteiger charge is 2.44. The van der Waals surface area contributed by atoms with Crippen molar-refractivity contribution in [3.63, 3.8) is 0 Å². The third-order valence-corrected chi connectivity index (χ3v) is 9.30. The van der Waals surface area contributed by atoms with E-state index in [2.05, 4.69) is 9.98 Å². The van der Waals surface area contributed by atoms with Crippen LogP contribution in [0.15, 0.2) is 75.9 Å². The number of hydrogen-bond acceptors (Lipinski definition) is 6. The second-order valence-electron chi connectivity index (χ2n) is 11.9. The lowest BCUT2D eigenvalue weighted by Gasteiger charge is -2.43. The largest absolute Gasteiger partial charge is 0.390 e. The number of aliphatic imine (C=N–C) groups is 2. The predicted molar refractivity (Wildman–Crippen MR) is 157 cm³/mol. The topological polar surface area (TPSA) is 103 Å². The summed E-state index contributed by atoms with van der Waals surface area (Å²) in [6.45, 7) is 3.49. The van der Waals surface area contributed by atoms with Gasteiger partial charge in [-0.15, -0.1) is 0 Å². The number of benzene rings is 2. The zero-order valence-corrected chi connectivity index (χ0v) is 23.7. The number of allylic oxidation sites excluding steroid dienone is 1. The maximum Gasteiger partial charge on any atom is 0.226 e. The van der Waals surface area contributed by atoms with Crippen LogP contribution in [0.3, 0.4) is 0 Å². The van der Waals surface area contributed by atoms with Gasteiger partial charge in [-0.1, -0.05) is 42.5 Å². The highest BCUT2D eigenvalue weighted by molar-refractivity contribution is 6.37. The summed E-state index contributed by atoms with van der Waals surface area (Å²) >= 11 is 0. The summed E-state index contributed by atoms with van der Waals surface area (Å²) in [6.07, 6.45) is 4.76. The quantitative estimate of drug-likeness (QED) is 0.590. The molecule has 42 heavy (non-hydrogen) atoms. The normalized spacial score (nSPS) is 26.9. The number of rotatable bonds is 5. The Labute approximate surface area is 244 Å². The molecule has 218 valence electrons. The van der Waals surface area contributed by atoms with Gasteiger partial charge in [-0.3, -0.25) is 24.4 Å². The summed E-state index contributed by atoms with van der Waals surface area (Å²) in [4.78, 5) is 51.4. The van der Waals surface area contributed by atoms with Crippen LogP contribution in [-0.2, 0) is 14.4 Å². The third kappa shape index (κ3) is 5.45. The molecular formula is C33H35FN4O4. The molecule has 0 saturated carbocycles. The number of halogens is 1. The van der Waals surface area contributed by atoms with Gasteiger partial charge in [0.15, 0.2) is 0 Å². The molecule has 2 aromatic carbocycles. The van der Waals surface area contributed by atoms with E-state index in [-0.39, 0.29) is 41.2 Å². The van der Waals surface area contributed by atoms with Gasteiger partial charge in [-0.25, -0.2) is 4.39 Å². The van der Waals surface area contributed by atoms with Crippen LogP contribution >= 0.6 is 0 Å². The van der Waals surface area contributed by atoms with Crippen LogP contribution < -0.4 is 0 Å². The fourth-order valence-electron chi connectivity index (χ4n) is 6.92. The van der Waals surface area contributed by atoms with Crippen LogP contribution in [0.5, 0.6) is 0 Å². The summed E-state index contributed by atoms with van der Waals surface area (Å²) in [7, 11) is 0. The summed E-state index contributed by atoms with van der Waals surface area (Å²) in [5, 5.41) is 11.6. The highest BCUT2D eigenvalue weighted by Crippen LogP contribution is 2.42. The van der Waals surface area contributed by atoms with Crippen molar-refractivity contribution < 1.29 is 23.9 Å². The number of piperidine rings is 2. The molecule has 2 fully saturated rings. The molecule has 0 spiro atoms. The lowest BCUT2D eigenvalue weighted by Crippen LogP contribution is -2.52. The molecule has 2 aromatic rings. The monoisotopic (exact) mass is 570 g/mol. The maximum absolute atomic E-state index is 13.8. The molecule has 2 saturated heterocycles. The smallest absolute Gasteiger partial charge is 0.226 e. The molecule has 8 nitrogen and oxygen atoms in total. The van der Waals surface area contributed by atoms with Crippen LogP contribution in [0.4, 0.5) is 4.39 Å². The van der Waals surface area contributed by atoms with E-state index in [0.717, 1.165) is 11.1 Å². The first kappa shape index (κ1) is 28.2. The van der Waals surface area contributed by atoms with Crippen molar-refractivity contribution in [3.05, 3.63) is 82.8 Å². The van der Waals surface area contributed by atoms with Gasteiger partial charge in [-0.2, -0.15) is 0 Å². The van der Waals surface area contributed by atoms with Crippen molar-refractivity contribution in [1.29, 1.82) is 0 Å². The molecule has 9 heteroatoms. The highest BCUT2D eigenvalue weighted by atomic mass is 19.1. The van der Waals surface area contributed by atoms with Gasteiger partial charge < -0.3 is 14.9 Å². The molecule has 2 unspecified atom stereocenters. The van der Waals surface area contributed by atoms with E-state index in [4.69, 9.17) is 0 Å². The van der Waals surface area contributed by atoms with E-state index in [1.807, 2.05) is 40.1 Å². The minimum absolute atomic E-state index is 0.0188. The number of likely N-dealkylation sites (tertiary alicyclic amines) is 2. The molecule has 2 amide bonds. The Balaban J connectivity index is 1.13. The Hall–Kier alpha value is -3.98. The molecule has 4 aliphatic heterocycles. The van der Waals surface area contributed by atoms with Crippen molar-refractivity contribution in [3.8, 4) is 0 Å². The van der Waals surface area contributed by atoms with Crippen LogP contribution in [-0.4, -0.2) is 76.7 Å². The van der Waals surface area contributed by atoms with Crippen molar-refractivity contribution in [2.75, 3.05) is 26.2 Å². The number of ketones is 1. The van der Waals surface area contributed by atoms with Gasteiger partial charge in [0.2, 0.25) is 17.6 Å². The van der Waals surface area contributed by atoms with Crippen LogP contribution in [0.1, 0.15) is 55.7 Å². The number of carbonyl (C=O) groups excluding carboxylic acids is 3. The Morgan fingerprint density at radius 2 is 1.71 bits per heavy atom. The van der Waals surface area contributed by atoms with Gasteiger partial charge in [0.25, 0.3) is 0 Å². The number of carbonyl (C=O) groups is 3. The molecule has 0 aromatic heterocycles. The van der Waals surface area contributed by atoms with Crippen molar-refractivity contribution in [1.82, 2.24) is 9.80 Å². The average Bonchev–Trinajstić information content (AvgIpc) is 3.42. The molecule has 4 heterocycles. The molecule has 0 aliphatic carbocycles. The Kier molecular flexibility index (Phi) is 7.62. The van der Waals surface area contributed by atoms with E-state index in [0.29, 0.717) is 63.1 Å². The van der Waals surface area contributed by atoms with Crippen LogP contribution in [0, 0.1) is 17.7 Å². The number of hydrogen-bond donors (Lipinski definition) is 1. The lowest BCUT2D eigenvalue weighted by molar-refractivity contribution is -0.144. The lowest BCUT2D eigenvalue weighted by atomic mass is 9.77. The maximum atomic E-state index is 13.8. The van der Waals surface area contributed by atoms with E-state index >= 15 is 0 Å². The minimum atomic E-state index is -1.05. The van der Waals surface area contributed by atoms with Crippen molar-refractivity contribution >= 4 is 30.0 Å². The van der Waals surface area contributed by atoms with E-state index < -0.39 is 11.6 Å². The molecule has 4 atom stereocenters. The second kappa shape index (κ2) is 11.4. The van der Waals surface area contributed by atoms with Crippen LogP contribution in [0.25, 0.3) is 0 Å². The Morgan fingerprint density at radius 3 is 2.40 bits per heavy atom. The summed E-state index contributed by atoms with van der Waals surface area (Å²) in [6, 6.07) is 15.4. The molecule has 0 bridgehead atoms. The van der Waals surface area contributed by atoms with Gasteiger partial charge >= 0.3 is 0 Å². The van der Waals surface area contributed by atoms with Gasteiger partial charge in [0.05, 0.1) is 17.5 Å². The van der Waals surface area contributed by atoms with E-state index in [1.165, 1.54) is 18.3 Å². The Morgan fingerprint density at radius 1 is 1.00 bits per heavy atom. The summed E-state index contributed by atoms with van der Waals surface area (Å²) < 4.78 is 13.5. The number of aliphatic hydroxyl groups is 1. The Bertz CT molecular complexity index is 1460. The number of nitrogens with zero attached hydrogens (tertiary/aromatic N) is 4.